The number of rotatable bonds is 8. The van der Waals surface area contributed by atoms with E-state index in [1.807, 2.05) is 30.3 Å². The largest absolute Gasteiger partial charge is 0.355 e. The van der Waals surface area contributed by atoms with Crippen LogP contribution in [0.2, 0.25) is 0 Å². The van der Waals surface area contributed by atoms with Crippen LogP contribution in [0, 0.1) is 20.2 Å². The number of hydrogen-bond donors (Lipinski definition) is 2. The summed E-state index contributed by atoms with van der Waals surface area (Å²) in [6.45, 7) is 0.425. The molecule has 0 fully saturated rings. The second-order valence-corrected chi connectivity index (χ2v) is 6.05. The van der Waals surface area contributed by atoms with E-state index >= 15 is 0 Å². The zero-order chi connectivity index (χ0) is 20.8. The zero-order valence-electron chi connectivity index (χ0n) is 15.3. The van der Waals surface area contributed by atoms with Gasteiger partial charge in [0.05, 0.1) is 15.5 Å². The van der Waals surface area contributed by atoms with Crippen molar-refractivity contribution in [1.29, 1.82) is 0 Å². The third kappa shape index (κ3) is 4.71. The molecule has 3 aromatic rings. The maximum absolute atomic E-state index is 11.7. The summed E-state index contributed by atoms with van der Waals surface area (Å²) in [6, 6.07) is 15.1. The van der Waals surface area contributed by atoms with Gasteiger partial charge in [-0.25, -0.2) is 9.97 Å². The fraction of sp³-hybridized carbons (Fsp3) is 0.111. The van der Waals surface area contributed by atoms with Gasteiger partial charge < -0.3 is 4.90 Å². The third-order valence-corrected chi connectivity index (χ3v) is 4.01. The van der Waals surface area contributed by atoms with Crippen LogP contribution in [0.5, 0.6) is 0 Å². The molecule has 29 heavy (non-hydrogen) atoms. The molecule has 2 N–H and O–H groups in total. The molecule has 0 unspecified atom stereocenters. The average Bonchev–Trinajstić information content (AvgIpc) is 2.72. The molecule has 0 bridgehead atoms. The van der Waals surface area contributed by atoms with Crippen molar-refractivity contribution in [3.8, 4) is 0 Å². The second-order valence-electron chi connectivity index (χ2n) is 6.05. The van der Waals surface area contributed by atoms with Crippen LogP contribution in [0.4, 0.5) is 28.7 Å². The first-order valence-corrected chi connectivity index (χ1v) is 8.46. The normalized spacial score (nSPS) is 10.2. The van der Waals surface area contributed by atoms with Crippen molar-refractivity contribution >= 4 is 28.7 Å². The summed E-state index contributed by atoms with van der Waals surface area (Å²) in [6.07, 6.45) is 1.23. The summed E-state index contributed by atoms with van der Waals surface area (Å²) in [5.74, 6) is 0.125. The second kappa shape index (κ2) is 8.61. The van der Waals surface area contributed by atoms with Crippen LogP contribution in [0.25, 0.3) is 0 Å². The number of hydrogen-bond acceptors (Lipinski definition) is 9. The van der Waals surface area contributed by atoms with Gasteiger partial charge in [-0.05, 0) is 17.7 Å². The van der Waals surface area contributed by atoms with E-state index in [9.17, 15) is 20.2 Å². The Morgan fingerprint density at radius 2 is 1.62 bits per heavy atom. The van der Waals surface area contributed by atoms with Crippen LogP contribution in [0.15, 0.2) is 60.9 Å². The van der Waals surface area contributed by atoms with Gasteiger partial charge in [0.15, 0.2) is 0 Å². The molecule has 0 radical (unpaired) electrons. The third-order valence-electron chi connectivity index (χ3n) is 4.01. The molecule has 11 nitrogen and oxygen atoms in total. The molecular weight excluding hydrogens is 378 g/mol. The number of nitro benzene ring substituents is 1. The van der Waals surface area contributed by atoms with E-state index in [4.69, 9.17) is 0 Å². The van der Waals surface area contributed by atoms with Gasteiger partial charge in [0.2, 0.25) is 11.6 Å². The molecule has 0 saturated heterocycles. The molecule has 0 saturated carbocycles. The maximum atomic E-state index is 11.7. The van der Waals surface area contributed by atoms with Gasteiger partial charge in [-0.2, -0.15) is 0 Å². The van der Waals surface area contributed by atoms with Crippen LogP contribution >= 0.6 is 0 Å². The van der Waals surface area contributed by atoms with Gasteiger partial charge >= 0.3 is 5.69 Å². The van der Waals surface area contributed by atoms with Crippen LogP contribution in [0.3, 0.4) is 0 Å². The van der Waals surface area contributed by atoms with Gasteiger partial charge in [-0.3, -0.25) is 31.1 Å². The predicted octanol–water partition coefficient (Wildman–Crippen LogP) is 3.37. The topological polar surface area (TPSA) is 139 Å². The van der Waals surface area contributed by atoms with Crippen molar-refractivity contribution in [3.63, 3.8) is 0 Å². The lowest BCUT2D eigenvalue weighted by Gasteiger charge is -2.19. The Bertz CT molecular complexity index is 1010. The highest BCUT2D eigenvalue weighted by Gasteiger charge is 2.25. The summed E-state index contributed by atoms with van der Waals surface area (Å²) in [4.78, 5) is 31.0. The smallest absolute Gasteiger partial charge is 0.349 e. The Kier molecular flexibility index (Phi) is 5.78. The number of nitrogens with one attached hydrogen (secondary N) is 2. The van der Waals surface area contributed by atoms with Crippen LogP contribution in [0.1, 0.15) is 5.56 Å². The molecule has 0 atom stereocenters. The van der Waals surface area contributed by atoms with Gasteiger partial charge in [0.1, 0.15) is 6.33 Å². The highest BCUT2D eigenvalue weighted by molar-refractivity contribution is 5.71. The van der Waals surface area contributed by atoms with E-state index in [1.54, 1.807) is 11.9 Å². The van der Waals surface area contributed by atoms with E-state index in [-0.39, 0.29) is 23.0 Å². The SMILES string of the molecule is CN(Cc1ccccc1)c1ncnc(NNc2ccc([N+](=O)[O-])cc2)c1[N+](=O)[O-]. The van der Waals surface area contributed by atoms with Crippen LogP contribution in [-0.2, 0) is 6.54 Å². The molecule has 0 amide bonds. The van der Waals surface area contributed by atoms with Gasteiger partial charge in [-0.15, -0.1) is 0 Å². The molecule has 1 aromatic heterocycles. The lowest BCUT2D eigenvalue weighted by molar-refractivity contribution is -0.384. The van der Waals surface area contributed by atoms with Gasteiger partial charge in [0.25, 0.3) is 5.69 Å². The molecule has 0 aliphatic rings. The Morgan fingerprint density at radius 1 is 0.931 bits per heavy atom. The molecule has 11 heteroatoms. The summed E-state index contributed by atoms with van der Waals surface area (Å²) in [5.41, 5.74) is 6.53. The number of anilines is 3. The zero-order valence-corrected chi connectivity index (χ0v) is 15.3. The Morgan fingerprint density at radius 3 is 2.24 bits per heavy atom. The highest BCUT2D eigenvalue weighted by atomic mass is 16.6. The van der Waals surface area contributed by atoms with Crippen molar-refractivity contribution in [2.45, 2.75) is 6.54 Å². The fourth-order valence-corrected chi connectivity index (χ4v) is 2.64. The summed E-state index contributed by atoms with van der Waals surface area (Å²) in [7, 11) is 1.70. The number of nitro groups is 2. The van der Waals surface area contributed by atoms with Crippen molar-refractivity contribution < 1.29 is 9.85 Å². The fourth-order valence-electron chi connectivity index (χ4n) is 2.64. The predicted molar refractivity (Wildman–Crippen MR) is 108 cm³/mol. The number of non-ortho nitro benzene ring substituents is 1. The van der Waals surface area contributed by atoms with E-state index in [2.05, 4.69) is 20.8 Å². The monoisotopic (exact) mass is 395 g/mol. The van der Waals surface area contributed by atoms with Crippen LogP contribution < -0.4 is 15.8 Å². The lowest BCUT2D eigenvalue weighted by atomic mass is 10.2. The first-order chi connectivity index (χ1) is 14.0. The number of nitrogens with zero attached hydrogens (tertiary/aromatic N) is 5. The van der Waals surface area contributed by atoms with Gasteiger partial charge in [0, 0.05) is 25.7 Å². The van der Waals surface area contributed by atoms with Crippen molar-refractivity contribution in [1.82, 2.24) is 9.97 Å². The van der Waals surface area contributed by atoms with E-state index in [0.29, 0.717) is 12.2 Å². The molecule has 2 aromatic carbocycles. The van der Waals surface area contributed by atoms with E-state index in [1.165, 1.54) is 30.6 Å². The Labute approximate surface area is 165 Å². The van der Waals surface area contributed by atoms with Crippen LogP contribution in [-0.4, -0.2) is 26.9 Å². The Balaban J connectivity index is 1.81. The van der Waals surface area contributed by atoms with E-state index < -0.39 is 9.85 Å². The lowest BCUT2D eigenvalue weighted by Crippen LogP contribution is -2.21. The standard InChI is InChI=1S/C18H17N7O4/c1-23(11-13-5-3-2-4-6-13)18-16(25(28)29)17(19-12-20-18)22-21-14-7-9-15(10-8-14)24(26)27/h2-10,12,21H,11H2,1H3,(H,19,20,22). The molecule has 1 heterocycles. The molecule has 0 aliphatic heterocycles. The first kappa shape index (κ1) is 19.5. The summed E-state index contributed by atoms with van der Waals surface area (Å²) >= 11 is 0. The minimum atomic E-state index is -0.559. The molecular formula is C18H17N7O4. The van der Waals surface area contributed by atoms with E-state index in [0.717, 1.165) is 5.56 Å². The molecule has 148 valence electrons. The molecule has 3 rings (SSSR count). The van der Waals surface area contributed by atoms with Crippen molar-refractivity contribution in [3.05, 3.63) is 86.7 Å². The maximum Gasteiger partial charge on any atom is 0.355 e. The molecule has 0 spiro atoms. The molecule has 0 aliphatic carbocycles. The van der Waals surface area contributed by atoms with Crippen molar-refractivity contribution in [2.24, 2.45) is 0 Å². The minimum Gasteiger partial charge on any atom is -0.349 e. The van der Waals surface area contributed by atoms with Gasteiger partial charge in [-0.1, -0.05) is 30.3 Å². The average molecular weight is 395 g/mol. The quantitative estimate of drug-likeness (QED) is 0.434. The Hall–Kier alpha value is -4.28. The first-order valence-electron chi connectivity index (χ1n) is 8.46. The number of aromatic nitrogens is 2. The summed E-state index contributed by atoms with van der Waals surface area (Å²) in [5, 5.41) is 22.4. The highest BCUT2D eigenvalue weighted by Crippen LogP contribution is 2.32. The minimum absolute atomic E-state index is 0.0294. The van der Waals surface area contributed by atoms with Crippen molar-refractivity contribution in [2.75, 3.05) is 22.8 Å². The number of benzene rings is 2. The summed E-state index contributed by atoms with van der Waals surface area (Å²) < 4.78 is 0. The number of hydrazine groups is 1.